The summed E-state index contributed by atoms with van der Waals surface area (Å²) in [5.74, 6) is 0.182. The van der Waals surface area contributed by atoms with Crippen LogP contribution in [0.4, 0.5) is 0 Å². The smallest absolute Gasteiger partial charge is 0.162 e. The average Bonchev–Trinajstić information content (AvgIpc) is 2.08. The van der Waals surface area contributed by atoms with Gasteiger partial charge in [-0.1, -0.05) is 48.5 Å². The molecule has 0 aromatic carbocycles. The second-order valence-corrected chi connectivity index (χ2v) is 6.35. The van der Waals surface area contributed by atoms with Crippen LogP contribution in [0.5, 0.6) is 0 Å². The van der Waals surface area contributed by atoms with Crippen LogP contribution in [0.15, 0.2) is 11.8 Å². The fourth-order valence-electron chi connectivity index (χ4n) is 1.14. The number of rotatable bonds is 4. The van der Waals surface area contributed by atoms with Crippen molar-refractivity contribution in [3.63, 3.8) is 0 Å². The molecule has 0 aliphatic carbocycles. The fraction of sp³-hybridized carbons (Fsp3) is 0.786. The summed E-state index contributed by atoms with van der Waals surface area (Å²) in [6.07, 6.45) is 2.84. The molecule has 0 saturated heterocycles. The number of hydrogen-bond donors (Lipinski definition) is 1. The molecule has 0 unspecified atom stereocenters. The van der Waals surface area contributed by atoms with Gasteiger partial charge in [-0.2, -0.15) is 0 Å². The first kappa shape index (κ1) is 15.2. The zero-order valence-corrected chi connectivity index (χ0v) is 11.9. The van der Waals surface area contributed by atoms with Crippen LogP contribution >= 0.6 is 0 Å². The highest BCUT2D eigenvalue weighted by molar-refractivity contribution is 5.94. The van der Waals surface area contributed by atoms with Crippen molar-refractivity contribution in [2.75, 3.05) is 6.54 Å². The Balaban J connectivity index is 4.90. The molecule has 0 saturated carbocycles. The van der Waals surface area contributed by atoms with Crippen LogP contribution in [0.3, 0.4) is 0 Å². The molecule has 94 valence electrons. The van der Waals surface area contributed by atoms with E-state index in [2.05, 4.69) is 33.0 Å². The predicted octanol–water partition coefficient (Wildman–Crippen LogP) is 3.53. The van der Waals surface area contributed by atoms with E-state index in [4.69, 9.17) is 0 Å². The first-order chi connectivity index (χ1) is 7.09. The van der Waals surface area contributed by atoms with Crippen molar-refractivity contribution >= 4 is 5.78 Å². The van der Waals surface area contributed by atoms with E-state index in [9.17, 15) is 4.79 Å². The molecule has 0 spiro atoms. The molecule has 0 bridgehead atoms. The Kier molecular flexibility index (Phi) is 5.24. The summed E-state index contributed by atoms with van der Waals surface area (Å²) in [6, 6.07) is 0. The Morgan fingerprint density at radius 2 is 1.56 bits per heavy atom. The van der Waals surface area contributed by atoms with Crippen LogP contribution in [0.2, 0.25) is 0 Å². The van der Waals surface area contributed by atoms with Gasteiger partial charge in [-0.25, -0.2) is 0 Å². The summed E-state index contributed by atoms with van der Waals surface area (Å²) in [4.78, 5) is 12.0. The van der Waals surface area contributed by atoms with Crippen molar-refractivity contribution in [2.24, 2.45) is 10.8 Å². The van der Waals surface area contributed by atoms with Crippen LogP contribution in [-0.2, 0) is 4.79 Å². The molecule has 2 nitrogen and oxygen atoms in total. The number of hydrogen-bond acceptors (Lipinski definition) is 2. The lowest BCUT2D eigenvalue weighted by molar-refractivity contribution is -0.121. The fourth-order valence-corrected chi connectivity index (χ4v) is 1.14. The van der Waals surface area contributed by atoms with Crippen LogP contribution < -0.4 is 5.32 Å². The average molecular weight is 225 g/mol. The Morgan fingerprint density at radius 3 is 1.88 bits per heavy atom. The lowest BCUT2D eigenvalue weighted by Gasteiger charge is -2.25. The standard InChI is InChI=1S/C14H27NO/c1-8-9-15-11(13(2,3)4)10-12(16)14(5,6)7/h10,15H,8-9H2,1-7H3. The summed E-state index contributed by atoms with van der Waals surface area (Å²) < 4.78 is 0. The van der Waals surface area contributed by atoms with Crippen molar-refractivity contribution in [2.45, 2.75) is 54.9 Å². The number of ketones is 1. The maximum atomic E-state index is 12.0. The van der Waals surface area contributed by atoms with E-state index in [-0.39, 0.29) is 16.6 Å². The van der Waals surface area contributed by atoms with Gasteiger partial charge in [0, 0.05) is 29.1 Å². The molecule has 1 N–H and O–H groups in total. The predicted molar refractivity (Wildman–Crippen MR) is 70.3 cm³/mol. The second kappa shape index (κ2) is 5.51. The number of nitrogens with one attached hydrogen (secondary N) is 1. The topological polar surface area (TPSA) is 29.1 Å². The third-order valence-electron chi connectivity index (χ3n) is 2.39. The minimum Gasteiger partial charge on any atom is -0.388 e. The zero-order chi connectivity index (χ0) is 13.0. The van der Waals surface area contributed by atoms with E-state index in [0.717, 1.165) is 18.7 Å². The molecule has 0 amide bonds. The van der Waals surface area contributed by atoms with E-state index in [0.29, 0.717) is 0 Å². The molecule has 16 heavy (non-hydrogen) atoms. The van der Waals surface area contributed by atoms with Crippen molar-refractivity contribution in [1.29, 1.82) is 0 Å². The molecule has 0 heterocycles. The molecule has 0 aliphatic rings. The molecule has 0 aromatic rings. The second-order valence-electron chi connectivity index (χ2n) is 6.35. The van der Waals surface area contributed by atoms with Gasteiger partial charge in [0.2, 0.25) is 0 Å². The third-order valence-corrected chi connectivity index (χ3v) is 2.39. The van der Waals surface area contributed by atoms with Crippen LogP contribution in [0.1, 0.15) is 54.9 Å². The van der Waals surface area contributed by atoms with Crippen molar-refractivity contribution in [1.82, 2.24) is 5.32 Å². The molecule has 0 aliphatic heterocycles. The van der Waals surface area contributed by atoms with Gasteiger partial charge in [0.15, 0.2) is 5.78 Å². The molecular weight excluding hydrogens is 198 g/mol. The Bertz CT molecular complexity index is 263. The van der Waals surface area contributed by atoms with Crippen molar-refractivity contribution < 1.29 is 4.79 Å². The molecule has 0 radical (unpaired) electrons. The minimum atomic E-state index is -0.301. The Morgan fingerprint density at radius 1 is 1.06 bits per heavy atom. The van der Waals surface area contributed by atoms with Gasteiger partial charge < -0.3 is 5.32 Å². The van der Waals surface area contributed by atoms with Gasteiger partial charge in [0.05, 0.1) is 0 Å². The number of carbonyl (C=O) groups excluding carboxylic acids is 1. The monoisotopic (exact) mass is 225 g/mol. The van der Waals surface area contributed by atoms with Crippen molar-refractivity contribution in [3.8, 4) is 0 Å². The molecule has 0 atom stereocenters. The lowest BCUT2D eigenvalue weighted by Crippen LogP contribution is -2.28. The third kappa shape index (κ3) is 5.34. The van der Waals surface area contributed by atoms with E-state index in [1.165, 1.54) is 0 Å². The van der Waals surface area contributed by atoms with Gasteiger partial charge in [0.1, 0.15) is 0 Å². The molecule has 2 heteroatoms. The number of allylic oxidation sites excluding steroid dienone is 2. The Labute approximate surface area is 101 Å². The largest absolute Gasteiger partial charge is 0.388 e. The van der Waals surface area contributed by atoms with E-state index in [1.54, 1.807) is 6.08 Å². The lowest BCUT2D eigenvalue weighted by atomic mass is 9.85. The van der Waals surface area contributed by atoms with Gasteiger partial charge >= 0.3 is 0 Å². The van der Waals surface area contributed by atoms with Gasteiger partial charge in [-0.05, 0) is 6.42 Å². The zero-order valence-electron chi connectivity index (χ0n) is 11.9. The summed E-state index contributed by atoms with van der Waals surface area (Å²) in [5, 5.41) is 3.35. The summed E-state index contributed by atoms with van der Waals surface area (Å²) in [6.45, 7) is 15.3. The number of carbonyl (C=O) groups is 1. The maximum Gasteiger partial charge on any atom is 0.162 e. The molecule has 0 rings (SSSR count). The van der Waals surface area contributed by atoms with E-state index >= 15 is 0 Å². The first-order valence-electron chi connectivity index (χ1n) is 6.09. The van der Waals surface area contributed by atoms with E-state index < -0.39 is 0 Å². The highest BCUT2D eigenvalue weighted by Gasteiger charge is 2.23. The Hall–Kier alpha value is -0.790. The van der Waals surface area contributed by atoms with Crippen LogP contribution in [0, 0.1) is 10.8 Å². The molecule has 0 fully saturated rings. The summed E-state index contributed by atoms with van der Waals surface area (Å²) in [7, 11) is 0. The van der Waals surface area contributed by atoms with E-state index in [1.807, 2.05) is 20.8 Å². The normalized spacial score (nSPS) is 13.8. The van der Waals surface area contributed by atoms with Crippen molar-refractivity contribution in [3.05, 3.63) is 11.8 Å². The van der Waals surface area contributed by atoms with Gasteiger partial charge in [-0.3, -0.25) is 4.79 Å². The highest BCUT2D eigenvalue weighted by Crippen LogP contribution is 2.25. The highest BCUT2D eigenvalue weighted by atomic mass is 16.1. The maximum absolute atomic E-state index is 12.0. The summed E-state index contributed by atoms with van der Waals surface area (Å²) >= 11 is 0. The van der Waals surface area contributed by atoms with Gasteiger partial charge in [-0.15, -0.1) is 0 Å². The summed E-state index contributed by atoms with van der Waals surface area (Å²) in [5.41, 5.74) is 0.731. The minimum absolute atomic E-state index is 0.00389. The van der Waals surface area contributed by atoms with Crippen LogP contribution in [0.25, 0.3) is 0 Å². The molecular formula is C14H27NO. The van der Waals surface area contributed by atoms with Gasteiger partial charge in [0.25, 0.3) is 0 Å². The SMILES string of the molecule is CCCNC(=CC(=O)C(C)(C)C)C(C)(C)C. The first-order valence-corrected chi connectivity index (χ1v) is 6.09. The molecule has 0 aromatic heterocycles. The van der Waals surface area contributed by atoms with Crippen LogP contribution in [-0.4, -0.2) is 12.3 Å². The quantitative estimate of drug-likeness (QED) is 0.742.